The molecule has 0 aromatic rings. The van der Waals surface area contributed by atoms with Gasteiger partial charge in [0.2, 0.25) is 5.91 Å². The number of piperazine rings is 1. The number of carbonyl (C=O) groups is 1. The van der Waals surface area contributed by atoms with E-state index in [1.807, 2.05) is 11.8 Å². The standard InChI is InChI=1S/C10H20N2O/c1-5-11-6-9(4)12(8(2)3)7-10(11)13/h8-9H,5-7H2,1-4H3/t9-/m1/s1. The molecule has 1 amide bonds. The fraction of sp³-hybridized carbons (Fsp3) is 0.900. The lowest BCUT2D eigenvalue weighted by Gasteiger charge is -2.41. The summed E-state index contributed by atoms with van der Waals surface area (Å²) in [5.74, 6) is 0.273. The van der Waals surface area contributed by atoms with Gasteiger partial charge in [0.15, 0.2) is 0 Å². The zero-order valence-electron chi connectivity index (χ0n) is 9.08. The van der Waals surface area contributed by atoms with Gasteiger partial charge >= 0.3 is 0 Å². The second-order valence-corrected chi connectivity index (χ2v) is 4.05. The Kier molecular flexibility index (Phi) is 3.31. The minimum Gasteiger partial charge on any atom is -0.340 e. The van der Waals surface area contributed by atoms with Crippen LogP contribution in [0.1, 0.15) is 27.7 Å². The molecule has 3 heteroatoms. The average molecular weight is 184 g/mol. The van der Waals surface area contributed by atoms with Gasteiger partial charge in [-0.25, -0.2) is 0 Å². The summed E-state index contributed by atoms with van der Waals surface area (Å²) in [6.45, 7) is 10.8. The summed E-state index contributed by atoms with van der Waals surface area (Å²) in [6, 6.07) is 0.968. The second kappa shape index (κ2) is 4.09. The molecule has 0 unspecified atom stereocenters. The Hall–Kier alpha value is -0.570. The molecule has 1 atom stereocenters. The highest BCUT2D eigenvalue weighted by Gasteiger charge is 2.29. The Morgan fingerprint density at radius 3 is 2.62 bits per heavy atom. The monoisotopic (exact) mass is 184 g/mol. The van der Waals surface area contributed by atoms with Crippen LogP contribution < -0.4 is 0 Å². The van der Waals surface area contributed by atoms with E-state index in [0.29, 0.717) is 18.6 Å². The minimum atomic E-state index is 0.273. The number of nitrogens with zero attached hydrogens (tertiary/aromatic N) is 2. The summed E-state index contributed by atoms with van der Waals surface area (Å²) in [4.78, 5) is 15.8. The van der Waals surface area contributed by atoms with Gasteiger partial charge in [0.1, 0.15) is 0 Å². The van der Waals surface area contributed by atoms with Crippen molar-refractivity contribution in [1.29, 1.82) is 0 Å². The molecule has 1 saturated heterocycles. The first kappa shape index (κ1) is 10.5. The molecule has 1 aliphatic rings. The van der Waals surface area contributed by atoms with Crippen LogP contribution in [0.5, 0.6) is 0 Å². The van der Waals surface area contributed by atoms with E-state index in [2.05, 4.69) is 25.7 Å². The highest BCUT2D eigenvalue weighted by atomic mass is 16.2. The highest BCUT2D eigenvalue weighted by Crippen LogP contribution is 2.13. The third-order valence-electron chi connectivity index (χ3n) is 2.77. The third kappa shape index (κ3) is 2.21. The van der Waals surface area contributed by atoms with Gasteiger partial charge in [-0.1, -0.05) is 0 Å². The quantitative estimate of drug-likeness (QED) is 0.638. The molecule has 0 radical (unpaired) electrons. The van der Waals surface area contributed by atoms with Crippen molar-refractivity contribution in [2.75, 3.05) is 19.6 Å². The van der Waals surface area contributed by atoms with Crippen molar-refractivity contribution in [3.8, 4) is 0 Å². The van der Waals surface area contributed by atoms with Crippen LogP contribution in [-0.2, 0) is 4.79 Å². The fourth-order valence-corrected chi connectivity index (χ4v) is 1.93. The lowest BCUT2D eigenvalue weighted by molar-refractivity contribution is -0.138. The number of hydrogen-bond donors (Lipinski definition) is 0. The molecular formula is C10H20N2O. The van der Waals surface area contributed by atoms with Gasteiger partial charge in [0, 0.05) is 25.2 Å². The zero-order chi connectivity index (χ0) is 10.0. The molecule has 1 heterocycles. The minimum absolute atomic E-state index is 0.273. The zero-order valence-corrected chi connectivity index (χ0v) is 9.08. The van der Waals surface area contributed by atoms with E-state index in [1.54, 1.807) is 0 Å². The topological polar surface area (TPSA) is 23.6 Å². The molecule has 1 fully saturated rings. The van der Waals surface area contributed by atoms with Crippen molar-refractivity contribution in [2.45, 2.75) is 39.8 Å². The molecule has 0 N–H and O–H groups in total. The summed E-state index contributed by atoms with van der Waals surface area (Å²) < 4.78 is 0. The molecule has 0 aromatic heterocycles. The Balaban J connectivity index is 2.61. The third-order valence-corrected chi connectivity index (χ3v) is 2.77. The van der Waals surface area contributed by atoms with Gasteiger partial charge in [0.25, 0.3) is 0 Å². The van der Waals surface area contributed by atoms with Crippen LogP contribution in [0.15, 0.2) is 0 Å². The number of amides is 1. The number of likely N-dealkylation sites (N-methyl/N-ethyl adjacent to an activating group) is 1. The van der Waals surface area contributed by atoms with Gasteiger partial charge in [-0.05, 0) is 27.7 Å². The predicted molar refractivity (Wildman–Crippen MR) is 53.6 cm³/mol. The number of carbonyl (C=O) groups excluding carboxylic acids is 1. The first-order chi connectivity index (χ1) is 6.06. The molecule has 0 aliphatic carbocycles. The van der Waals surface area contributed by atoms with Gasteiger partial charge in [-0.3, -0.25) is 9.69 Å². The summed E-state index contributed by atoms with van der Waals surface area (Å²) in [7, 11) is 0. The normalized spacial score (nSPS) is 25.8. The van der Waals surface area contributed by atoms with E-state index in [-0.39, 0.29) is 5.91 Å². The number of rotatable bonds is 2. The first-order valence-corrected chi connectivity index (χ1v) is 5.09. The average Bonchev–Trinajstić information content (AvgIpc) is 2.07. The maximum Gasteiger partial charge on any atom is 0.236 e. The van der Waals surface area contributed by atoms with Crippen molar-refractivity contribution >= 4 is 5.91 Å². The molecule has 0 spiro atoms. The summed E-state index contributed by atoms with van der Waals surface area (Å²) in [6.07, 6.45) is 0. The van der Waals surface area contributed by atoms with E-state index in [4.69, 9.17) is 0 Å². The van der Waals surface area contributed by atoms with Crippen molar-refractivity contribution in [1.82, 2.24) is 9.80 Å². The maximum atomic E-state index is 11.6. The summed E-state index contributed by atoms with van der Waals surface area (Å²) >= 11 is 0. The Labute approximate surface area is 80.7 Å². The van der Waals surface area contributed by atoms with Gasteiger partial charge in [-0.15, -0.1) is 0 Å². The molecule has 1 aliphatic heterocycles. The van der Waals surface area contributed by atoms with Crippen LogP contribution >= 0.6 is 0 Å². The van der Waals surface area contributed by atoms with Crippen LogP contribution in [-0.4, -0.2) is 47.4 Å². The van der Waals surface area contributed by atoms with Gasteiger partial charge < -0.3 is 4.90 Å². The van der Waals surface area contributed by atoms with Crippen LogP contribution in [0.4, 0.5) is 0 Å². The van der Waals surface area contributed by atoms with Gasteiger partial charge in [-0.2, -0.15) is 0 Å². The van der Waals surface area contributed by atoms with E-state index in [1.165, 1.54) is 0 Å². The Bertz CT molecular complexity index is 191. The smallest absolute Gasteiger partial charge is 0.236 e. The van der Waals surface area contributed by atoms with E-state index >= 15 is 0 Å². The first-order valence-electron chi connectivity index (χ1n) is 5.09. The van der Waals surface area contributed by atoms with E-state index in [9.17, 15) is 4.79 Å². The van der Waals surface area contributed by atoms with Crippen LogP contribution in [0, 0.1) is 0 Å². The summed E-state index contributed by atoms with van der Waals surface area (Å²) in [5, 5.41) is 0. The lowest BCUT2D eigenvalue weighted by Crippen LogP contribution is -2.56. The Morgan fingerprint density at radius 1 is 1.54 bits per heavy atom. The predicted octanol–water partition coefficient (Wildman–Crippen LogP) is 0.947. The molecule has 0 saturated carbocycles. The molecule has 0 aromatic carbocycles. The molecule has 13 heavy (non-hydrogen) atoms. The van der Waals surface area contributed by atoms with E-state index < -0.39 is 0 Å². The molecule has 3 nitrogen and oxygen atoms in total. The van der Waals surface area contributed by atoms with Crippen LogP contribution in [0.25, 0.3) is 0 Å². The van der Waals surface area contributed by atoms with Crippen LogP contribution in [0.3, 0.4) is 0 Å². The van der Waals surface area contributed by atoms with Crippen molar-refractivity contribution < 1.29 is 4.79 Å². The van der Waals surface area contributed by atoms with Crippen molar-refractivity contribution in [3.63, 3.8) is 0 Å². The molecule has 76 valence electrons. The van der Waals surface area contributed by atoms with Gasteiger partial charge in [0.05, 0.1) is 6.54 Å². The highest BCUT2D eigenvalue weighted by molar-refractivity contribution is 5.79. The fourth-order valence-electron chi connectivity index (χ4n) is 1.93. The SMILES string of the molecule is CCN1C[C@@H](C)N(C(C)C)CC1=O. The lowest BCUT2D eigenvalue weighted by atomic mass is 10.1. The summed E-state index contributed by atoms with van der Waals surface area (Å²) in [5.41, 5.74) is 0. The second-order valence-electron chi connectivity index (χ2n) is 4.05. The number of hydrogen-bond acceptors (Lipinski definition) is 2. The molecule has 0 bridgehead atoms. The van der Waals surface area contributed by atoms with E-state index in [0.717, 1.165) is 13.1 Å². The van der Waals surface area contributed by atoms with Crippen LogP contribution in [0.2, 0.25) is 0 Å². The Morgan fingerprint density at radius 2 is 2.15 bits per heavy atom. The maximum absolute atomic E-state index is 11.6. The largest absolute Gasteiger partial charge is 0.340 e. The molecular weight excluding hydrogens is 164 g/mol. The van der Waals surface area contributed by atoms with Crippen molar-refractivity contribution in [3.05, 3.63) is 0 Å². The van der Waals surface area contributed by atoms with Crippen molar-refractivity contribution in [2.24, 2.45) is 0 Å². The molecule has 1 rings (SSSR count).